The van der Waals surface area contributed by atoms with Gasteiger partial charge in [-0.15, -0.1) is 0 Å². The molecule has 3 fully saturated rings. The molecule has 0 amide bonds. The van der Waals surface area contributed by atoms with Crippen molar-refractivity contribution in [2.75, 3.05) is 0 Å². The Labute approximate surface area is 202 Å². The maximum atomic E-state index is 11.2. The first-order valence-electron chi connectivity index (χ1n) is 12.6. The van der Waals surface area contributed by atoms with Crippen molar-refractivity contribution < 1.29 is 30.3 Å². The average Bonchev–Trinajstić information content (AvgIpc) is 2.80. The van der Waals surface area contributed by atoms with Gasteiger partial charge in [-0.05, 0) is 72.6 Å². The predicted molar refractivity (Wildman–Crippen MR) is 129 cm³/mol. The number of aromatic carboxylic acids is 1. The lowest BCUT2D eigenvalue weighted by Crippen LogP contribution is -2.81. The first-order valence-corrected chi connectivity index (χ1v) is 12.6. The molecule has 5 N–H and O–H groups in total. The van der Waals surface area contributed by atoms with Gasteiger partial charge >= 0.3 is 5.97 Å². The fourth-order valence-corrected chi connectivity index (χ4v) is 8.93. The molecular weight excluding hydrogens is 432 g/mol. The van der Waals surface area contributed by atoms with Gasteiger partial charge in [0.05, 0.1) is 23.9 Å². The number of rotatable bonds is 2. The largest absolute Gasteiger partial charge is 0.478 e. The lowest BCUT2D eigenvalue weighted by Gasteiger charge is -2.81. The maximum absolute atomic E-state index is 11.2. The third kappa shape index (κ3) is 2.98. The number of benzene rings is 1. The molecule has 4 aliphatic carbocycles. The second-order valence-electron chi connectivity index (χ2n) is 11.5. The number of aliphatic hydroxyl groups is 4. The maximum Gasteiger partial charge on any atom is 0.335 e. The van der Waals surface area contributed by atoms with Crippen LogP contribution in [0.5, 0.6) is 0 Å². The molecule has 34 heavy (non-hydrogen) atoms. The first kappa shape index (κ1) is 25.4. The summed E-state index contributed by atoms with van der Waals surface area (Å²) in [6, 6.07) is 8.30. The fourth-order valence-electron chi connectivity index (χ4n) is 8.93. The van der Waals surface area contributed by atoms with Gasteiger partial charge in [0.2, 0.25) is 0 Å². The summed E-state index contributed by atoms with van der Waals surface area (Å²) in [6.45, 7) is 10.6. The summed E-state index contributed by atoms with van der Waals surface area (Å²) in [7, 11) is 0. The van der Waals surface area contributed by atoms with E-state index < -0.39 is 35.8 Å². The van der Waals surface area contributed by atoms with Crippen LogP contribution in [0.25, 0.3) is 0 Å². The minimum Gasteiger partial charge on any atom is -0.478 e. The van der Waals surface area contributed by atoms with Crippen LogP contribution in [0.3, 0.4) is 0 Å². The van der Waals surface area contributed by atoms with Gasteiger partial charge in [0, 0.05) is 10.8 Å². The Bertz CT molecular complexity index is 974. The van der Waals surface area contributed by atoms with Crippen LogP contribution < -0.4 is 0 Å². The SMILES string of the molecule is CC[C@@H]1[C@H](C)C[C@H](O)[C@@]2(C)[C@H](O)[C@H](O)C3=C(C)[C@@H](O)C[C@H]4CC12[C@@]34C.O=C(O)c1ccccc1. The highest BCUT2D eigenvalue weighted by atomic mass is 16.4. The number of carboxylic acids is 1. The van der Waals surface area contributed by atoms with Crippen molar-refractivity contribution in [2.24, 2.45) is 34.0 Å². The van der Waals surface area contributed by atoms with Crippen LogP contribution in [0.2, 0.25) is 0 Å². The summed E-state index contributed by atoms with van der Waals surface area (Å²) in [5.41, 5.74) is 0.863. The quantitative estimate of drug-likeness (QED) is 0.420. The van der Waals surface area contributed by atoms with Crippen molar-refractivity contribution in [3.8, 4) is 0 Å². The predicted octanol–water partition coefficient (Wildman–Crippen LogP) is 3.63. The molecule has 6 heteroatoms. The van der Waals surface area contributed by atoms with E-state index in [4.69, 9.17) is 5.11 Å². The van der Waals surface area contributed by atoms with E-state index in [-0.39, 0.29) is 10.8 Å². The number of carbonyl (C=O) groups is 1. The zero-order chi connectivity index (χ0) is 25.2. The lowest BCUT2D eigenvalue weighted by atomic mass is 9.23. The van der Waals surface area contributed by atoms with E-state index in [1.54, 1.807) is 30.3 Å². The zero-order valence-corrected chi connectivity index (χ0v) is 20.9. The second kappa shape index (κ2) is 8.44. The van der Waals surface area contributed by atoms with Gasteiger partial charge in [-0.3, -0.25) is 0 Å². The number of carboxylic acid groups (broad SMARTS) is 1. The Morgan fingerprint density at radius 1 is 1.06 bits per heavy atom. The summed E-state index contributed by atoms with van der Waals surface area (Å²) in [6.07, 6.45) is 0.231. The van der Waals surface area contributed by atoms with Crippen LogP contribution in [0.4, 0.5) is 0 Å². The average molecular weight is 473 g/mol. The molecule has 1 aromatic rings. The van der Waals surface area contributed by atoms with E-state index in [9.17, 15) is 25.2 Å². The molecular formula is C28H40O6. The third-order valence-electron chi connectivity index (χ3n) is 10.5. The van der Waals surface area contributed by atoms with Gasteiger partial charge in [-0.2, -0.15) is 0 Å². The van der Waals surface area contributed by atoms with Gasteiger partial charge in [-0.25, -0.2) is 4.79 Å². The lowest BCUT2D eigenvalue weighted by molar-refractivity contribution is -0.344. The standard InChI is InChI=1S/C21H34O4.C7H6O2/c1-6-13-10(2)7-15(23)20(5)18(25)17(24)16-11(3)14(22)8-12-9-21(13,20)19(12,16)4;8-7(9)6-4-2-1-3-5-6/h10,12-15,17-18,22-25H,6-9H2,1-5H3;1-5H,(H,8,9)/t10-,12+,13-,14+,15+,17-,18-,19-,20+,21?;/m1./s1. The minimum atomic E-state index is -0.999. The van der Waals surface area contributed by atoms with Gasteiger partial charge in [0.25, 0.3) is 0 Å². The molecule has 0 heterocycles. The molecule has 1 spiro atoms. The second-order valence-corrected chi connectivity index (χ2v) is 11.5. The van der Waals surface area contributed by atoms with Crippen LogP contribution in [0.15, 0.2) is 41.5 Å². The minimum absolute atomic E-state index is 0.216. The van der Waals surface area contributed by atoms with Gasteiger partial charge < -0.3 is 25.5 Å². The Morgan fingerprint density at radius 2 is 1.68 bits per heavy atom. The summed E-state index contributed by atoms with van der Waals surface area (Å²) >= 11 is 0. The molecule has 0 aromatic heterocycles. The molecule has 188 valence electrons. The molecule has 10 atom stereocenters. The monoisotopic (exact) mass is 472 g/mol. The molecule has 3 saturated carbocycles. The summed E-state index contributed by atoms with van der Waals surface area (Å²) in [5, 5.41) is 52.3. The zero-order valence-electron chi connectivity index (χ0n) is 20.9. The van der Waals surface area contributed by atoms with Crippen LogP contribution in [0.1, 0.15) is 70.7 Å². The van der Waals surface area contributed by atoms with Gasteiger partial charge in [0.15, 0.2) is 0 Å². The molecule has 0 bridgehead atoms. The van der Waals surface area contributed by atoms with Crippen LogP contribution in [-0.2, 0) is 0 Å². The van der Waals surface area contributed by atoms with E-state index >= 15 is 0 Å². The van der Waals surface area contributed by atoms with Gasteiger partial charge in [-0.1, -0.05) is 52.3 Å². The smallest absolute Gasteiger partial charge is 0.335 e. The van der Waals surface area contributed by atoms with Crippen LogP contribution >= 0.6 is 0 Å². The fraction of sp³-hybridized carbons (Fsp3) is 0.679. The Kier molecular flexibility index (Phi) is 6.30. The Hall–Kier alpha value is -1.73. The molecule has 5 rings (SSSR count). The summed E-state index contributed by atoms with van der Waals surface area (Å²) in [5.74, 6) is 0.230. The van der Waals surface area contributed by atoms with Crippen molar-refractivity contribution in [2.45, 2.75) is 84.7 Å². The topological polar surface area (TPSA) is 118 Å². The normalized spacial score (nSPS) is 46.9. The van der Waals surface area contributed by atoms with E-state index in [1.807, 2.05) is 13.8 Å². The third-order valence-corrected chi connectivity index (χ3v) is 10.5. The first-order chi connectivity index (χ1) is 15.9. The number of aliphatic hydroxyl groups excluding tert-OH is 4. The molecule has 0 radical (unpaired) electrons. The number of hydrogen-bond acceptors (Lipinski definition) is 5. The van der Waals surface area contributed by atoms with Gasteiger partial charge in [0.1, 0.15) is 6.10 Å². The highest BCUT2D eigenvalue weighted by Crippen LogP contribution is 2.83. The highest BCUT2D eigenvalue weighted by Gasteiger charge is 2.81. The molecule has 0 saturated heterocycles. The van der Waals surface area contributed by atoms with E-state index in [0.29, 0.717) is 29.7 Å². The number of hydrogen-bond donors (Lipinski definition) is 5. The molecule has 6 nitrogen and oxygen atoms in total. The van der Waals surface area contributed by atoms with E-state index in [1.165, 1.54) is 0 Å². The Morgan fingerprint density at radius 3 is 2.21 bits per heavy atom. The highest BCUT2D eigenvalue weighted by molar-refractivity contribution is 5.87. The van der Waals surface area contributed by atoms with Crippen molar-refractivity contribution in [1.29, 1.82) is 0 Å². The Balaban J connectivity index is 0.000000257. The summed E-state index contributed by atoms with van der Waals surface area (Å²) < 4.78 is 0. The van der Waals surface area contributed by atoms with Crippen molar-refractivity contribution in [1.82, 2.24) is 0 Å². The molecule has 1 unspecified atom stereocenters. The van der Waals surface area contributed by atoms with Crippen molar-refractivity contribution in [3.63, 3.8) is 0 Å². The molecule has 1 aromatic carbocycles. The van der Waals surface area contributed by atoms with Crippen molar-refractivity contribution in [3.05, 3.63) is 47.0 Å². The van der Waals surface area contributed by atoms with Crippen LogP contribution in [-0.4, -0.2) is 55.9 Å². The van der Waals surface area contributed by atoms with Crippen molar-refractivity contribution >= 4 is 5.97 Å². The van der Waals surface area contributed by atoms with Crippen LogP contribution in [0, 0.1) is 34.0 Å². The van der Waals surface area contributed by atoms with E-state index in [2.05, 4.69) is 20.8 Å². The van der Waals surface area contributed by atoms with E-state index in [0.717, 1.165) is 30.4 Å². The summed E-state index contributed by atoms with van der Waals surface area (Å²) in [4.78, 5) is 10.2. The molecule has 4 aliphatic rings. The molecule has 0 aliphatic heterocycles.